The van der Waals surface area contributed by atoms with Crippen LogP contribution in [-0.2, 0) is 9.53 Å². The van der Waals surface area contributed by atoms with Crippen LogP contribution in [0, 0.1) is 0 Å². The van der Waals surface area contributed by atoms with Crippen molar-refractivity contribution in [3.8, 4) is 0 Å². The molecule has 0 radical (unpaired) electrons. The van der Waals surface area contributed by atoms with Crippen LogP contribution < -0.4 is 5.73 Å². The van der Waals surface area contributed by atoms with Crippen LogP contribution in [0.5, 0.6) is 0 Å². The minimum absolute atomic E-state index is 0.0713. The Bertz CT molecular complexity index is 700. The van der Waals surface area contributed by atoms with Gasteiger partial charge in [0.05, 0.1) is 0 Å². The number of hydrogen-bond donors (Lipinski definition) is 2. The van der Waals surface area contributed by atoms with E-state index < -0.39 is 23.6 Å². The molecule has 112 valence electrons. The SMILES string of the molecule is CC(C)(C)OC(=O)C(N)c1ccc2nc(C(=O)O)cn2c1. The van der Waals surface area contributed by atoms with Gasteiger partial charge in [-0.25, -0.2) is 14.6 Å². The van der Waals surface area contributed by atoms with Gasteiger partial charge in [0.25, 0.3) is 0 Å². The third-order valence-corrected chi connectivity index (χ3v) is 2.71. The Labute approximate surface area is 121 Å². The van der Waals surface area contributed by atoms with Gasteiger partial charge in [0, 0.05) is 12.4 Å². The standard InChI is InChI=1S/C14H17N3O4/c1-14(2,3)21-13(20)11(15)8-4-5-10-16-9(12(18)19)7-17(10)6-8/h4-7,11H,15H2,1-3H3,(H,18,19). The summed E-state index contributed by atoms with van der Waals surface area (Å²) in [6.07, 6.45) is 2.94. The lowest BCUT2D eigenvalue weighted by Crippen LogP contribution is -2.31. The highest BCUT2D eigenvalue weighted by molar-refractivity contribution is 5.86. The lowest BCUT2D eigenvalue weighted by molar-refractivity contribution is -0.156. The van der Waals surface area contributed by atoms with E-state index in [0.717, 1.165) is 0 Å². The second kappa shape index (κ2) is 5.17. The molecule has 21 heavy (non-hydrogen) atoms. The van der Waals surface area contributed by atoms with Crippen molar-refractivity contribution in [2.75, 3.05) is 0 Å². The van der Waals surface area contributed by atoms with Crippen LogP contribution in [0.3, 0.4) is 0 Å². The van der Waals surface area contributed by atoms with Gasteiger partial charge < -0.3 is 20.0 Å². The number of aromatic nitrogens is 2. The van der Waals surface area contributed by atoms with Gasteiger partial charge in [-0.1, -0.05) is 6.07 Å². The number of nitrogens with two attached hydrogens (primary N) is 1. The molecule has 3 N–H and O–H groups in total. The molecular formula is C14H17N3O4. The molecule has 2 heterocycles. The van der Waals surface area contributed by atoms with Gasteiger partial charge in [-0.15, -0.1) is 0 Å². The van der Waals surface area contributed by atoms with Crippen molar-refractivity contribution < 1.29 is 19.4 Å². The predicted octanol–water partition coefficient (Wildman–Crippen LogP) is 1.37. The fourth-order valence-corrected chi connectivity index (χ4v) is 1.80. The zero-order valence-electron chi connectivity index (χ0n) is 12.0. The van der Waals surface area contributed by atoms with Gasteiger partial charge in [0.1, 0.15) is 17.3 Å². The quantitative estimate of drug-likeness (QED) is 0.827. The number of esters is 1. The summed E-state index contributed by atoms with van der Waals surface area (Å²) in [6, 6.07) is 2.29. The Morgan fingerprint density at radius 1 is 1.33 bits per heavy atom. The molecule has 0 aliphatic rings. The second-order valence-electron chi connectivity index (χ2n) is 5.67. The zero-order chi connectivity index (χ0) is 15.8. The van der Waals surface area contributed by atoms with Crippen LogP contribution in [-0.4, -0.2) is 32.0 Å². The van der Waals surface area contributed by atoms with E-state index in [1.165, 1.54) is 10.6 Å². The van der Waals surface area contributed by atoms with Gasteiger partial charge in [-0.3, -0.25) is 0 Å². The molecule has 0 bridgehead atoms. The van der Waals surface area contributed by atoms with Gasteiger partial charge in [-0.2, -0.15) is 0 Å². The highest BCUT2D eigenvalue weighted by Crippen LogP contribution is 2.17. The summed E-state index contributed by atoms with van der Waals surface area (Å²) in [7, 11) is 0. The predicted molar refractivity (Wildman–Crippen MR) is 74.9 cm³/mol. The molecule has 7 heteroatoms. The minimum atomic E-state index is -1.11. The van der Waals surface area contributed by atoms with Gasteiger partial charge in [0.2, 0.25) is 0 Å². The molecule has 2 aromatic heterocycles. The van der Waals surface area contributed by atoms with Crippen molar-refractivity contribution in [2.45, 2.75) is 32.4 Å². The summed E-state index contributed by atoms with van der Waals surface area (Å²) < 4.78 is 6.74. The molecule has 2 aromatic rings. The lowest BCUT2D eigenvalue weighted by atomic mass is 10.1. The monoisotopic (exact) mass is 291 g/mol. The summed E-state index contributed by atoms with van der Waals surface area (Å²) in [4.78, 5) is 26.7. The Balaban J connectivity index is 2.29. The highest BCUT2D eigenvalue weighted by atomic mass is 16.6. The van der Waals surface area contributed by atoms with Crippen LogP contribution in [0.1, 0.15) is 42.9 Å². The molecule has 7 nitrogen and oxygen atoms in total. The summed E-state index contributed by atoms with van der Waals surface area (Å²) in [5.74, 6) is -1.66. The number of fused-ring (bicyclic) bond motifs is 1. The van der Waals surface area contributed by atoms with E-state index in [9.17, 15) is 9.59 Å². The molecule has 0 aromatic carbocycles. The Morgan fingerprint density at radius 3 is 2.57 bits per heavy atom. The first-order chi connectivity index (χ1) is 9.67. The van der Waals surface area contributed by atoms with E-state index in [0.29, 0.717) is 11.2 Å². The Kier molecular flexibility index (Phi) is 3.69. The van der Waals surface area contributed by atoms with Gasteiger partial charge in [0.15, 0.2) is 5.69 Å². The van der Waals surface area contributed by atoms with E-state index in [1.54, 1.807) is 39.1 Å². The number of carbonyl (C=O) groups is 2. The molecule has 0 saturated carbocycles. The smallest absolute Gasteiger partial charge is 0.356 e. The van der Waals surface area contributed by atoms with Crippen molar-refractivity contribution in [1.82, 2.24) is 9.38 Å². The maximum absolute atomic E-state index is 11.9. The first kappa shape index (κ1) is 15.0. The largest absolute Gasteiger partial charge is 0.476 e. The highest BCUT2D eigenvalue weighted by Gasteiger charge is 2.24. The van der Waals surface area contributed by atoms with E-state index in [2.05, 4.69) is 4.98 Å². The molecule has 0 aliphatic heterocycles. The molecular weight excluding hydrogens is 274 g/mol. The number of carbonyl (C=O) groups excluding carboxylic acids is 1. The van der Waals surface area contributed by atoms with Crippen molar-refractivity contribution in [3.05, 3.63) is 35.8 Å². The number of aromatic carboxylic acids is 1. The summed E-state index contributed by atoms with van der Waals surface area (Å²) in [5, 5.41) is 8.91. The van der Waals surface area contributed by atoms with Crippen LogP contribution in [0.2, 0.25) is 0 Å². The summed E-state index contributed by atoms with van der Waals surface area (Å²) >= 11 is 0. The topological polar surface area (TPSA) is 107 Å². The average Bonchev–Trinajstić information content (AvgIpc) is 2.78. The number of pyridine rings is 1. The number of nitrogens with zero attached hydrogens (tertiary/aromatic N) is 2. The first-order valence-corrected chi connectivity index (χ1v) is 6.38. The molecule has 2 rings (SSSR count). The van der Waals surface area contributed by atoms with E-state index in [4.69, 9.17) is 15.6 Å². The molecule has 0 aliphatic carbocycles. The molecule has 1 unspecified atom stereocenters. The molecule has 0 amide bonds. The van der Waals surface area contributed by atoms with Crippen molar-refractivity contribution in [3.63, 3.8) is 0 Å². The Hall–Kier alpha value is -2.41. The van der Waals surface area contributed by atoms with Crippen LogP contribution in [0.25, 0.3) is 5.65 Å². The number of imidazole rings is 1. The molecule has 1 atom stereocenters. The van der Waals surface area contributed by atoms with E-state index >= 15 is 0 Å². The number of rotatable bonds is 3. The second-order valence-corrected chi connectivity index (χ2v) is 5.67. The van der Waals surface area contributed by atoms with Crippen LogP contribution in [0.4, 0.5) is 0 Å². The number of carboxylic acid groups (broad SMARTS) is 1. The van der Waals surface area contributed by atoms with Gasteiger partial charge >= 0.3 is 11.9 Å². The fourth-order valence-electron chi connectivity index (χ4n) is 1.80. The Morgan fingerprint density at radius 2 is 2.00 bits per heavy atom. The van der Waals surface area contributed by atoms with E-state index in [-0.39, 0.29) is 5.69 Å². The maximum Gasteiger partial charge on any atom is 0.356 e. The summed E-state index contributed by atoms with van der Waals surface area (Å²) in [5.41, 5.74) is 6.17. The normalized spacial score (nSPS) is 13.1. The molecule has 0 saturated heterocycles. The minimum Gasteiger partial charge on any atom is -0.476 e. The van der Waals surface area contributed by atoms with Crippen LogP contribution >= 0.6 is 0 Å². The van der Waals surface area contributed by atoms with Crippen molar-refractivity contribution >= 4 is 17.6 Å². The van der Waals surface area contributed by atoms with Crippen molar-refractivity contribution in [1.29, 1.82) is 0 Å². The zero-order valence-corrected chi connectivity index (χ0v) is 12.0. The van der Waals surface area contributed by atoms with Crippen molar-refractivity contribution in [2.24, 2.45) is 5.73 Å². The molecule has 0 spiro atoms. The lowest BCUT2D eigenvalue weighted by Gasteiger charge is -2.22. The first-order valence-electron chi connectivity index (χ1n) is 6.38. The van der Waals surface area contributed by atoms with E-state index in [1.807, 2.05) is 0 Å². The fraction of sp³-hybridized carbons (Fsp3) is 0.357. The van der Waals surface area contributed by atoms with Gasteiger partial charge in [-0.05, 0) is 32.4 Å². The average molecular weight is 291 g/mol. The third-order valence-electron chi connectivity index (χ3n) is 2.71. The number of hydrogen-bond acceptors (Lipinski definition) is 5. The number of carboxylic acids is 1. The maximum atomic E-state index is 11.9. The third kappa shape index (κ3) is 3.38. The van der Waals surface area contributed by atoms with Crippen LogP contribution in [0.15, 0.2) is 24.5 Å². The number of ether oxygens (including phenoxy) is 1. The molecule has 0 fully saturated rings. The summed E-state index contributed by atoms with van der Waals surface area (Å²) in [6.45, 7) is 5.28.